The average Bonchev–Trinajstić information content (AvgIpc) is 2.45. The van der Waals surface area contributed by atoms with Crippen LogP contribution in [0.5, 0.6) is 11.5 Å². The summed E-state index contributed by atoms with van der Waals surface area (Å²) in [6.07, 6.45) is -0.492. The van der Waals surface area contributed by atoms with E-state index in [-0.39, 0.29) is 0 Å². The van der Waals surface area contributed by atoms with Gasteiger partial charge in [0.25, 0.3) is 0 Å². The highest BCUT2D eigenvalue weighted by atomic mass is 79.9. The molecule has 0 heterocycles. The van der Waals surface area contributed by atoms with Crippen LogP contribution in [0.1, 0.15) is 24.2 Å². The van der Waals surface area contributed by atoms with Gasteiger partial charge in [0, 0.05) is 0 Å². The molecular weight excluding hydrogens is 320 g/mol. The number of methoxy groups -OCH3 is 1. The zero-order valence-electron chi connectivity index (χ0n) is 11.5. The molecular formula is C16H17BrO3. The highest BCUT2D eigenvalue weighted by Crippen LogP contribution is 2.26. The van der Waals surface area contributed by atoms with Gasteiger partial charge in [-0.3, -0.25) is 0 Å². The number of aliphatic hydroxyl groups is 1. The molecule has 1 N–H and O–H groups in total. The summed E-state index contributed by atoms with van der Waals surface area (Å²) in [5.74, 6) is 1.54. The zero-order chi connectivity index (χ0) is 14.5. The Kier molecular flexibility index (Phi) is 5.04. The van der Waals surface area contributed by atoms with E-state index in [2.05, 4.69) is 15.9 Å². The highest BCUT2D eigenvalue weighted by Gasteiger charge is 2.04. The Bertz CT molecular complexity index is 582. The van der Waals surface area contributed by atoms with Crippen molar-refractivity contribution in [3.05, 3.63) is 58.1 Å². The van der Waals surface area contributed by atoms with Gasteiger partial charge in [-0.25, -0.2) is 0 Å². The molecule has 0 aliphatic rings. The molecule has 106 valence electrons. The van der Waals surface area contributed by atoms with Crippen molar-refractivity contribution in [2.45, 2.75) is 19.6 Å². The standard InChI is InChI=1S/C16H17BrO3/c1-11(18)13-4-3-5-14(9-13)20-10-12-6-7-16(19-2)15(17)8-12/h3-9,11,18H,10H2,1-2H3. The molecule has 20 heavy (non-hydrogen) atoms. The Morgan fingerprint density at radius 3 is 2.65 bits per heavy atom. The molecule has 0 bridgehead atoms. The van der Waals surface area contributed by atoms with Crippen molar-refractivity contribution in [2.75, 3.05) is 7.11 Å². The van der Waals surface area contributed by atoms with Crippen LogP contribution in [0.25, 0.3) is 0 Å². The van der Waals surface area contributed by atoms with Crippen molar-refractivity contribution in [1.29, 1.82) is 0 Å². The molecule has 2 aromatic rings. The number of halogens is 1. The van der Waals surface area contributed by atoms with E-state index in [1.54, 1.807) is 14.0 Å². The van der Waals surface area contributed by atoms with Gasteiger partial charge in [-0.05, 0) is 58.2 Å². The van der Waals surface area contributed by atoms with E-state index in [9.17, 15) is 5.11 Å². The molecule has 0 spiro atoms. The molecule has 2 rings (SSSR count). The summed E-state index contributed by atoms with van der Waals surface area (Å²) in [5.41, 5.74) is 1.89. The Balaban J connectivity index is 2.05. The quantitative estimate of drug-likeness (QED) is 0.893. The maximum atomic E-state index is 9.55. The number of ether oxygens (including phenoxy) is 2. The number of hydrogen-bond donors (Lipinski definition) is 1. The van der Waals surface area contributed by atoms with Crippen LogP contribution in [-0.4, -0.2) is 12.2 Å². The van der Waals surface area contributed by atoms with Crippen molar-refractivity contribution in [1.82, 2.24) is 0 Å². The smallest absolute Gasteiger partial charge is 0.133 e. The number of rotatable bonds is 5. The maximum absolute atomic E-state index is 9.55. The van der Waals surface area contributed by atoms with Gasteiger partial charge >= 0.3 is 0 Å². The topological polar surface area (TPSA) is 38.7 Å². The summed E-state index contributed by atoms with van der Waals surface area (Å²) >= 11 is 3.45. The molecule has 0 amide bonds. The van der Waals surface area contributed by atoms with Crippen LogP contribution in [0.4, 0.5) is 0 Å². The SMILES string of the molecule is COc1ccc(COc2cccc(C(C)O)c2)cc1Br. The van der Waals surface area contributed by atoms with E-state index >= 15 is 0 Å². The molecule has 0 radical (unpaired) electrons. The number of benzene rings is 2. The van der Waals surface area contributed by atoms with Crippen molar-refractivity contribution < 1.29 is 14.6 Å². The molecule has 4 heteroatoms. The van der Waals surface area contributed by atoms with Gasteiger partial charge < -0.3 is 14.6 Å². The average molecular weight is 337 g/mol. The maximum Gasteiger partial charge on any atom is 0.133 e. The van der Waals surface area contributed by atoms with Gasteiger partial charge in [0.15, 0.2) is 0 Å². The van der Waals surface area contributed by atoms with E-state index in [4.69, 9.17) is 9.47 Å². The van der Waals surface area contributed by atoms with Gasteiger partial charge in [-0.2, -0.15) is 0 Å². The van der Waals surface area contributed by atoms with E-state index in [0.717, 1.165) is 27.1 Å². The third kappa shape index (κ3) is 3.74. The molecule has 0 aromatic heterocycles. The molecule has 0 aliphatic carbocycles. The van der Waals surface area contributed by atoms with Crippen molar-refractivity contribution in [3.8, 4) is 11.5 Å². The van der Waals surface area contributed by atoms with Gasteiger partial charge in [0.2, 0.25) is 0 Å². The summed E-state index contributed by atoms with van der Waals surface area (Å²) in [6.45, 7) is 2.20. The minimum absolute atomic E-state index is 0.464. The lowest BCUT2D eigenvalue weighted by Crippen LogP contribution is -1.98. The van der Waals surface area contributed by atoms with Crippen LogP contribution in [0.2, 0.25) is 0 Å². The summed E-state index contributed by atoms with van der Waals surface area (Å²) in [5, 5.41) is 9.55. The monoisotopic (exact) mass is 336 g/mol. The minimum atomic E-state index is -0.492. The summed E-state index contributed by atoms with van der Waals surface area (Å²) < 4.78 is 11.8. The lowest BCUT2D eigenvalue weighted by atomic mass is 10.1. The fraction of sp³-hybridized carbons (Fsp3) is 0.250. The van der Waals surface area contributed by atoms with Crippen LogP contribution in [-0.2, 0) is 6.61 Å². The Hall–Kier alpha value is -1.52. The van der Waals surface area contributed by atoms with Crippen LogP contribution in [0.3, 0.4) is 0 Å². The molecule has 1 unspecified atom stereocenters. The van der Waals surface area contributed by atoms with Gasteiger partial charge in [-0.1, -0.05) is 18.2 Å². The van der Waals surface area contributed by atoms with Crippen LogP contribution in [0, 0.1) is 0 Å². The summed E-state index contributed by atoms with van der Waals surface area (Å²) in [6, 6.07) is 13.3. The fourth-order valence-corrected chi connectivity index (χ4v) is 2.42. The molecule has 3 nitrogen and oxygen atoms in total. The zero-order valence-corrected chi connectivity index (χ0v) is 13.1. The van der Waals surface area contributed by atoms with Gasteiger partial charge in [0.05, 0.1) is 17.7 Å². The predicted molar refractivity (Wildman–Crippen MR) is 82.1 cm³/mol. The van der Waals surface area contributed by atoms with E-state index < -0.39 is 6.10 Å². The minimum Gasteiger partial charge on any atom is -0.496 e. The van der Waals surface area contributed by atoms with E-state index in [1.165, 1.54) is 0 Å². The van der Waals surface area contributed by atoms with Crippen LogP contribution in [0.15, 0.2) is 46.9 Å². The lowest BCUT2D eigenvalue weighted by molar-refractivity contribution is 0.198. The van der Waals surface area contributed by atoms with E-state index in [0.29, 0.717) is 6.61 Å². The van der Waals surface area contributed by atoms with Crippen LogP contribution < -0.4 is 9.47 Å². The first kappa shape index (κ1) is 14.9. The Labute approximate surface area is 127 Å². The second-order valence-electron chi connectivity index (χ2n) is 4.51. The largest absolute Gasteiger partial charge is 0.496 e. The molecule has 1 atom stereocenters. The first-order valence-electron chi connectivity index (χ1n) is 6.33. The third-order valence-corrected chi connectivity index (χ3v) is 3.58. The van der Waals surface area contributed by atoms with E-state index in [1.807, 2.05) is 42.5 Å². The Morgan fingerprint density at radius 1 is 1.20 bits per heavy atom. The first-order chi connectivity index (χ1) is 9.60. The second kappa shape index (κ2) is 6.77. The Morgan fingerprint density at radius 2 is 2.00 bits per heavy atom. The second-order valence-corrected chi connectivity index (χ2v) is 5.36. The molecule has 0 fully saturated rings. The molecule has 2 aromatic carbocycles. The van der Waals surface area contributed by atoms with Crippen molar-refractivity contribution >= 4 is 15.9 Å². The molecule has 0 saturated carbocycles. The highest BCUT2D eigenvalue weighted by molar-refractivity contribution is 9.10. The van der Waals surface area contributed by atoms with Crippen molar-refractivity contribution in [2.24, 2.45) is 0 Å². The normalized spacial score (nSPS) is 12.0. The number of aliphatic hydroxyl groups excluding tert-OH is 1. The number of hydrogen-bond acceptors (Lipinski definition) is 3. The molecule has 0 saturated heterocycles. The van der Waals surface area contributed by atoms with Crippen LogP contribution >= 0.6 is 15.9 Å². The van der Waals surface area contributed by atoms with Gasteiger partial charge in [-0.15, -0.1) is 0 Å². The summed E-state index contributed by atoms with van der Waals surface area (Å²) in [7, 11) is 1.64. The van der Waals surface area contributed by atoms with Crippen molar-refractivity contribution in [3.63, 3.8) is 0 Å². The van der Waals surface area contributed by atoms with Gasteiger partial charge in [0.1, 0.15) is 18.1 Å². The summed E-state index contributed by atoms with van der Waals surface area (Å²) in [4.78, 5) is 0. The third-order valence-electron chi connectivity index (χ3n) is 2.96. The molecule has 0 aliphatic heterocycles. The first-order valence-corrected chi connectivity index (χ1v) is 7.12. The fourth-order valence-electron chi connectivity index (χ4n) is 1.83. The lowest BCUT2D eigenvalue weighted by Gasteiger charge is -2.10. The predicted octanol–water partition coefficient (Wildman–Crippen LogP) is 4.09.